The van der Waals surface area contributed by atoms with Gasteiger partial charge in [0.25, 0.3) is 0 Å². The molecule has 0 spiro atoms. The second-order valence-electron chi connectivity index (χ2n) is 4.15. The van der Waals surface area contributed by atoms with Gasteiger partial charge in [-0.15, -0.1) is 0 Å². The van der Waals surface area contributed by atoms with Crippen LogP contribution in [0.4, 0.5) is 0 Å². The highest BCUT2D eigenvalue weighted by Crippen LogP contribution is 2.24. The van der Waals surface area contributed by atoms with Crippen molar-refractivity contribution in [3.8, 4) is 11.5 Å². The molecule has 1 rings (SSSR count). The summed E-state index contributed by atoms with van der Waals surface area (Å²) in [6.45, 7) is 6.82. The topological polar surface area (TPSA) is 30.5 Å². The maximum absolute atomic E-state index is 5.87. The van der Waals surface area contributed by atoms with Crippen molar-refractivity contribution < 1.29 is 9.47 Å². The molecule has 1 aromatic carbocycles. The molecular weight excluding hydrogens is 258 g/mol. The van der Waals surface area contributed by atoms with Crippen LogP contribution in [0.3, 0.4) is 0 Å². The van der Waals surface area contributed by atoms with Crippen LogP contribution in [0.5, 0.6) is 11.5 Å². The van der Waals surface area contributed by atoms with Crippen molar-refractivity contribution in [3.63, 3.8) is 0 Å². The van der Waals surface area contributed by atoms with Gasteiger partial charge in [-0.3, -0.25) is 0 Å². The van der Waals surface area contributed by atoms with Gasteiger partial charge in [0, 0.05) is 12.1 Å². The van der Waals surface area contributed by atoms with Gasteiger partial charge >= 0.3 is 0 Å². The summed E-state index contributed by atoms with van der Waals surface area (Å²) >= 11 is 1.96. The van der Waals surface area contributed by atoms with Crippen LogP contribution in [0.1, 0.15) is 25.8 Å². The lowest BCUT2D eigenvalue weighted by molar-refractivity contribution is 0.313. The molecule has 0 aliphatic heterocycles. The summed E-state index contributed by atoms with van der Waals surface area (Å²) < 4.78 is 11.1. The zero-order valence-electron chi connectivity index (χ0n) is 12.2. The smallest absolute Gasteiger partial charge is 0.124 e. The van der Waals surface area contributed by atoms with Crippen LogP contribution in [0.2, 0.25) is 0 Å². The number of hydrogen-bond acceptors (Lipinski definition) is 4. The molecule has 1 N–H and O–H groups in total. The molecule has 0 aromatic heterocycles. The highest BCUT2D eigenvalue weighted by atomic mass is 32.2. The lowest BCUT2D eigenvalue weighted by atomic mass is 10.2. The highest BCUT2D eigenvalue weighted by molar-refractivity contribution is 7.99. The average molecular weight is 283 g/mol. The van der Waals surface area contributed by atoms with Gasteiger partial charge in [-0.25, -0.2) is 0 Å². The maximum Gasteiger partial charge on any atom is 0.124 e. The van der Waals surface area contributed by atoms with Gasteiger partial charge in [0.05, 0.1) is 13.7 Å². The van der Waals surface area contributed by atoms with Crippen molar-refractivity contribution in [1.29, 1.82) is 0 Å². The van der Waals surface area contributed by atoms with Crippen molar-refractivity contribution in [2.45, 2.75) is 26.8 Å². The predicted octanol–water partition coefficient (Wildman–Crippen LogP) is 3.33. The van der Waals surface area contributed by atoms with E-state index in [1.807, 2.05) is 30.0 Å². The van der Waals surface area contributed by atoms with E-state index in [1.165, 1.54) is 5.75 Å². The first-order chi connectivity index (χ1) is 9.31. The summed E-state index contributed by atoms with van der Waals surface area (Å²) in [6, 6.07) is 5.99. The molecule has 1 aromatic rings. The Morgan fingerprint density at radius 2 is 2.11 bits per heavy atom. The van der Waals surface area contributed by atoms with E-state index in [0.29, 0.717) is 0 Å². The molecule has 19 heavy (non-hydrogen) atoms. The first kappa shape index (κ1) is 16.2. The van der Waals surface area contributed by atoms with E-state index in [2.05, 4.69) is 19.2 Å². The molecule has 0 heterocycles. The lowest BCUT2D eigenvalue weighted by Crippen LogP contribution is -2.13. The number of rotatable bonds is 10. The Morgan fingerprint density at radius 3 is 2.79 bits per heavy atom. The summed E-state index contributed by atoms with van der Waals surface area (Å²) in [7, 11) is 1.69. The fraction of sp³-hybridized carbons (Fsp3) is 0.600. The third-order valence-corrected chi connectivity index (χ3v) is 3.71. The van der Waals surface area contributed by atoms with Crippen LogP contribution >= 0.6 is 11.8 Å². The van der Waals surface area contributed by atoms with Crippen LogP contribution in [0.25, 0.3) is 0 Å². The van der Waals surface area contributed by atoms with E-state index < -0.39 is 0 Å². The van der Waals surface area contributed by atoms with Gasteiger partial charge in [-0.2, -0.15) is 11.8 Å². The lowest BCUT2D eigenvalue weighted by Gasteiger charge is -2.13. The number of benzene rings is 1. The molecule has 4 heteroatoms. The molecular formula is C15H25NO2S. The van der Waals surface area contributed by atoms with Crippen molar-refractivity contribution in [1.82, 2.24) is 5.32 Å². The molecule has 0 radical (unpaired) electrons. The zero-order valence-corrected chi connectivity index (χ0v) is 13.0. The van der Waals surface area contributed by atoms with Crippen LogP contribution in [0, 0.1) is 0 Å². The third-order valence-electron chi connectivity index (χ3n) is 2.73. The second kappa shape index (κ2) is 9.98. The Kier molecular flexibility index (Phi) is 8.50. The molecule has 0 amide bonds. The molecule has 0 saturated carbocycles. The standard InChI is InChI=1S/C15H25NO2S/c1-4-16-12-13-11-14(17-3)7-8-15(13)18-9-6-10-19-5-2/h7-8,11,16H,4-6,9-10,12H2,1-3H3. The second-order valence-corrected chi connectivity index (χ2v) is 5.55. The van der Waals surface area contributed by atoms with E-state index in [4.69, 9.17) is 9.47 Å². The zero-order chi connectivity index (χ0) is 13.9. The van der Waals surface area contributed by atoms with E-state index in [0.717, 1.165) is 48.9 Å². The van der Waals surface area contributed by atoms with Crippen LogP contribution < -0.4 is 14.8 Å². The van der Waals surface area contributed by atoms with Gasteiger partial charge in [-0.05, 0) is 42.7 Å². The molecule has 0 aliphatic rings. The fourth-order valence-electron chi connectivity index (χ4n) is 1.71. The van der Waals surface area contributed by atoms with E-state index >= 15 is 0 Å². The van der Waals surface area contributed by atoms with Crippen molar-refractivity contribution in [3.05, 3.63) is 23.8 Å². The first-order valence-corrected chi connectivity index (χ1v) is 8.05. The molecule has 0 atom stereocenters. The highest BCUT2D eigenvalue weighted by Gasteiger charge is 2.05. The Hall–Kier alpha value is -0.870. The van der Waals surface area contributed by atoms with Crippen LogP contribution in [-0.2, 0) is 6.54 Å². The molecule has 0 aliphatic carbocycles. The molecule has 0 saturated heterocycles. The van der Waals surface area contributed by atoms with Crippen LogP contribution in [0.15, 0.2) is 18.2 Å². The van der Waals surface area contributed by atoms with Crippen LogP contribution in [-0.4, -0.2) is 31.8 Å². The Balaban J connectivity index is 2.54. The van der Waals surface area contributed by atoms with Gasteiger partial charge in [0.1, 0.15) is 11.5 Å². The normalized spacial score (nSPS) is 10.5. The first-order valence-electron chi connectivity index (χ1n) is 6.90. The average Bonchev–Trinajstić information content (AvgIpc) is 2.45. The van der Waals surface area contributed by atoms with Crippen molar-refractivity contribution in [2.24, 2.45) is 0 Å². The predicted molar refractivity (Wildman–Crippen MR) is 83.5 cm³/mol. The Morgan fingerprint density at radius 1 is 1.26 bits per heavy atom. The Bertz CT molecular complexity index is 358. The Labute approximate surface area is 121 Å². The fourth-order valence-corrected chi connectivity index (χ4v) is 2.32. The molecule has 0 bridgehead atoms. The molecule has 3 nitrogen and oxygen atoms in total. The van der Waals surface area contributed by atoms with E-state index in [1.54, 1.807) is 7.11 Å². The summed E-state index contributed by atoms with van der Waals surface area (Å²) in [5, 5.41) is 3.33. The minimum absolute atomic E-state index is 0.776. The van der Waals surface area contributed by atoms with Gasteiger partial charge < -0.3 is 14.8 Å². The summed E-state index contributed by atoms with van der Waals surface area (Å²) in [4.78, 5) is 0. The number of methoxy groups -OCH3 is 1. The minimum atomic E-state index is 0.776. The molecule has 108 valence electrons. The quantitative estimate of drug-likeness (QED) is 0.667. The number of hydrogen-bond donors (Lipinski definition) is 1. The van der Waals surface area contributed by atoms with Gasteiger partial charge in [-0.1, -0.05) is 13.8 Å². The third kappa shape index (κ3) is 6.21. The summed E-state index contributed by atoms with van der Waals surface area (Å²) in [6.07, 6.45) is 1.09. The number of nitrogens with one attached hydrogen (secondary N) is 1. The van der Waals surface area contributed by atoms with Crippen molar-refractivity contribution >= 4 is 11.8 Å². The summed E-state index contributed by atoms with van der Waals surface area (Å²) in [5.41, 5.74) is 1.16. The van der Waals surface area contributed by atoms with Crippen molar-refractivity contribution in [2.75, 3.05) is 31.8 Å². The number of ether oxygens (including phenoxy) is 2. The van der Waals surface area contributed by atoms with E-state index in [-0.39, 0.29) is 0 Å². The minimum Gasteiger partial charge on any atom is -0.497 e. The largest absolute Gasteiger partial charge is 0.497 e. The summed E-state index contributed by atoms with van der Waals surface area (Å²) in [5.74, 6) is 4.17. The number of thioether (sulfide) groups is 1. The maximum atomic E-state index is 5.87. The monoisotopic (exact) mass is 283 g/mol. The van der Waals surface area contributed by atoms with Gasteiger partial charge in [0.2, 0.25) is 0 Å². The van der Waals surface area contributed by atoms with E-state index in [9.17, 15) is 0 Å². The SMILES string of the molecule is CCNCc1cc(OC)ccc1OCCCSCC. The van der Waals surface area contributed by atoms with Gasteiger partial charge in [0.15, 0.2) is 0 Å². The molecule has 0 fully saturated rings. The molecule has 0 unspecified atom stereocenters.